The number of phenolic OH excluding ortho intramolecular Hbond substituents is 1. The largest absolute Gasteiger partial charge is 0.508 e. The first-order valence-corrected chi connectivity index (χ1v) is 16.5. The van der Waals surface area contributed by atoms with Crippen LogP contribution in [0.2, 0.25) is 18.1 Å². The van der Waals surface area contributed by atoms with E-state index in [1.165, 1.54) is 12.1 Å². The maximum Gasteiger partial charge on any atom is 0.267 e. The summed E-state index contributed by atoms with van der Waals surface area (Å²) in [6.45, 7) is 15.3. The molecule has 1 N–H and O–H groups in total. The van der Waals surface area contributed by atoms with E-state index >= 15 is 0 Å². The molecular weight excluding hydrogens is 478 g/mol. The van der Waals surface area contributed by atoms with Crippen LogP contribution < -0.4 is 0 Å². The first kappa shape index (κ1) is 27.4. The number of hydrogen-bond donors (Lipinski definition) is 1. The van der Waals surface area contributed by atoms with Crippen LogP contribution in [0, 0.1) is 0 Å². The molecule has 0 radical (unpaired) electrons. The highest BCUT2D eigenvalue weighted by Crippen LogP contribution is 2.42. The van der Waals surface area contributed by atoms with Crippen LogP contribution in [0.15, 0.2) is 59.0 Å². The molecule has 0 aromatic heterocycles. The summed E-state index contributed by atoms with van der Waals surface area (Å²) in [5, 5.41) is 8.77. The second-order valence-electron chi connectivity index (χ2n) is 11.4. The molecule has 0 spiro atoms. The first-order valence-electron chi connectivity index (χ1n) is 12.1. The maximum atomic E-state index is 13.3. The molecule has 35 heavy (non-hydrogen) atoms. The van der Waals surface area contributed by atoms with Gasteiger partial charge in [0.25, 0.3) is 10.0 Å². The van der Waals surface area contributed by atoms with Crippen molar-refractivity contribution >= 4 is 24.2 Å². The molecule has 2 atom stereocenters. The molecule has 192 valence electrons. The normalized spacial score (nSPS) is 20.5. The Hall–Kier alpha value is -2.16. The second kappa shape index (κ2) is 10.1. The zero-order valence-corrected chi connectivity index (χ0v) is 23.7. The Morgan fingerprint density at radius 2 is 1.69 bits per heavy atom. The van der Waals surface area contributed by atoms with Crippen LogP contribution in [0.4, 0.5) is 0 Å². The van der Waals surface area contributed by atoms with E-state index in [1.807, 2.05) is 18.2 Å². The van der Waals surface area contributed by atoms with Gasteiger partial charge in [0.2, 0.25) is 5.90 Å². The van der Waals surface area contributed by atoms with Gasteiger partial charge in [-0.25, -0.2) is 8.42 Å². The monoisotopic (exact) mass is 517 g/mol. The molecule has 1 aliphatic rings. The third kappa shape index (κ3) is 6.54. The van der Waals surface area contributed by atoms with Crippen molar-refractivity contribution < 1.29 is 22.7 Å². The number of benzene rings is 2. The second-order valence-corrected chi connectivity index (χ2v) is 17.9. The van der Waals surface area contributed by atoms with E-state index in [9.17, 15) is 13.5 Å². The summed E-state index contributed by atoms with van der Waals surface area (Å²) in [7, 11) is -5.78. The summed E-state index contributed by atoms with van der Waals surface area (Å²) in [5.74, 6) is 0.317. The van der Waals surface area contributed by atoms with Gasteiger partial charge < -0.3 is 14.3 Å². The fourth-order valence-corrected chi connectivity index (χ4v) is 7.05. The van der Waals surface area contributed by atoms with E-state index in [0.717, 1.165) is 12.0 Å². The molecule has 0 amide bonds. The summed E-state index contributed by atoms with van der Waals surface area (Å²) in [4.78, 5) is 0. The van der Waals surface area contributed by atoms with Gasteiger partial charge in [-0.05, 0) is 67.6 Å². The molecule has 0 fully saturated rings. The number of sulfonamides is 1. The number of hydrogen-bond acceptors (Lipinski definition) is 5. The molecule has 2 aromatic rings. The summed E-state index contributed by atoms with van der Waals surface area (Å²) in [5.41, 5.74) is 0.623. The number of nitrogens with zero attached hydrogens (tertiary/aromatic N) is 1. The molecule has 2 aromatic carbocycles. The molecule has 3 rings (SSSR count). The van der Waals surface area contributed by atoms with Crippen molar-refractivity contribution in [2.75, 3.05) is 6.61 Å². The topological polar surface area (TPSA) is 85.2 Å². The van der Waals surface area contributed by atoms with E-state index in [2.05, 4.69) is 50.4 Å². The Kier molecular flexibility index (Phi) is 7.89. The highest BCUT2D eigenvalue weighted by atomic mass is 32.2. The lowest BCUT2D eigenvalue weighted by molar-refractivity contribution is 0.0798. The van der Waals surface area contributed by atoms with Gasteiger partial charge in [-0.3, -0.25) is 0 Å². The Balaban J connectivity index is 1.85. The van der Waals surface area contributed by atoms with Gasteiger partial charge in [0.05, 0.1) is 0 Å². The fourth-order valence-electron chi connectivity index (χ4n) is 4.23. The third-order valence-corrected chi connectivity index (χ3v) is 13.6. The fraction of sp³-hybridized carbons (Fsp3) is 0.519. The molecule has 1 unspecified atom stereocenters. The molecule has 0 saturated carbocycles. The highest BCUT2D eigenvalue weighted by Gasteiger charge is 2.47. The van der Waals surface area contributed by atoms with Crippen molar-refractivity contribution in [1.29, 1.82) is 0 Å². The average Bonchev–Trinajstić information content (AvgIpc) is 2.72. The summed E-state index contributed by atoms with van der Waals surface area (Å²) in [6.07, 6.45) is 1.11. The summed E-state index contributed by atoms with van der Waals surface area (Å²) >= 11 is 0. The zero-order chi connectivity index (χ0) is 26.1. The first-order chi connectivity index (χ1) is 16.1. The Labute approximate surface area is 211 Å². The minimum atomic E-state index is -3.88. The zero-order valence-electron chi connectivity index (χ0n) is 21.9. The Bertz CT molecular complexity index is 1140. The van der Waals surface area contributed by atoms with Gasteiger partial charge in [-0.1, -0.05) is 63.2 Å². The molecule has 8 heteroatoms. The number of ether oxygens (including phenoxy) is 1. The van der Waals surface area contributed by atoms with Crippen LogP contribution in [0.5, 0.6) is 5.75 Å². The van der Waals surface area contributed by atoms with Gasteiger partial charge in [0.15, 0.2) is 8.32 Å². The smallest absolute Gasteiger partial charge is 0.267 e. The van der Waals surface area contributed by atoms with Crippen LogP contribution in [-0.2, 0) is 19.2 Å². The summed E-state index contributed by atoms with van der Waals surface area (Å²) in [6, 6.07) is 16.2. The lowest BCUT2D eigenvalue weighted by Gasteiger charge is -2.38. The van der Waals surface area contributed by atoms with Crippen molar-refractivity contribution in [2.24, 2.45) is 4.40 Å². The summed E-state index contributed by atoms with van der Waals surface area (Å²) < 4.78 is 43.4. The van der Waals surface area contributed by atoms with Crippen molar-refractivity contribution in [3.8, 4) is 5.75 Å². The Morgan fingerprint density at radius 3 is 2.23 bits per heavy atom. The quantitative estimate of drug-likeness (QED) is 0.401. The average molecular weight is 518 g/mol. The van der Waals surface area contributed by atoms with Gasteiger partial charge in [-0.15, -0.1) is 4.40 Å². The van der Waals surface area contributed by atoms with Crippen LogP contribution in [0.25, 0.3) is 0 Å². The minimum absolute atomic E-state index is 0.0101. The predicted octanol–water partition coefficient (Wildman–Crippen LogP) is 6.56. The van der Waals surface area contributed by atoms with Crippen molar-refractivity contribution in [1.82, 2.24) is 0 Å². The molecule has 0 aliphatic carbocycles. The van der Waals surface area contributed by atoms with Crippen molar-refractivity contribution in [3.63, 3.8) is 0 Å². The van der Waals surface area contributed by atoms with Crippen LogP contribution >= 0.6 is 0 Å². The number of phenols is 1. The van der Waals surface area contributed by atoms with E-state index < -0.39 is 29.2 Å². The van der Waals surface area contributed by atoms with Crippen LogP contribution in [0.3, 0.4) is 0 Å². The minimum Gasteiger partial charge on any atom is -0.508 e. The molecule has 1 aliphatic heterocycles. The number of rotatable bonds is 8. The van der Waals surface area contributed by atoms with Gasteiger partial charge in [0.1, 0.15) is 16.6 Å². The Morgan fingerprint density at radius 1 is 1.09 bits per heavy atom. The highest BCUT2D eigenvalue weighted by molar-refractivity contribution is 7.90. The van der Waals surface area contributed by atoms with E-state index in [0.29, 0.717) is 18.6 Å². The molecular formula is C27H39NO5SSi. The predicted molar refractivity (Wildman–Crippen MR) is 144 cm³/mol. The standard InChI is InChI=1S/C27H39NO5SSi/c1-26(2,3)35(6,7)32-18-17-22(20-11-9-8-10-12-20)19-24-28-34(30,31)25(27(4,5)33-24)21-13-15-23(29)16-14-21/h8-16,22,25,29H,17-19H2,1-7H3/t22-,25?/m1/s1. The lowest BCUT2D eigenvalue weighted by atomic mass is 9.92. The van der Waals surface area contributed by atoms with E-state index in [-0.39, 0.29) is 22.6 Å². The van der Waals surface area contributed by atoms with E-state index in [1.54, 1.807) is 26.0 Å². The molecule has 6 nitrogen and oxygen atoms in total. The lowest BCUT2D eigenvalue weighted by Crippen LogP contribution is -2.43. The van der Waals surface area contributed by atoms with Crippen LogP contribution in [-0.4, -0.2) is 39.9 Å². The molecule has 0 saturated heterocycles. The van der Waals surface area contributed by atoms with E-state index in [4.69, 9.17) is 9.16 Å². The third-order valence-electron chi connectivity index (χ3n) is 7.16. The van der Waals surface area contributed by atoms with Gasteiger partial charge >= 0.3 is 0 Å². The van der Waals surface area contributed by atoms with Gasteiger partial charge in [0, 0.05) is 13.0 Å². The van der Waals surface area contributed by atoms with Gasteiger partial charge in [-0.2, -0.15) is 0 Å². The van der Waals surface area contributed by atoms with Crippen molar-refractivity contribution in [2.45, 2.75) is 82.4 Å². The van der Waals surface area contributed by atoms with Crippen LogP contribution in [0.1, 0.15) is 69.8 Å². The molecule has 0 bridgehead atoms. The maximum absolute atomic E-state index is 13.3. The molecule has 1 heterocycles. The van der Waals surface area contributed by atoms with Crippen molar-refractivity contribution in [3.05, 3.63) is 65.7 Å². The number of aromatic hydroxyl groups is 1. The SMILES string of the molecule is CC1(C)OC(C[C@@H](CCO[Si](C)(C)C(C)(C)C)c2ccccc2)=NS(=O)(=O)C1c1ccc(O)cc1.